The van der Waals surface area contributed by atoms with E-state index in [-0.39, 0.29) is 17.7 Å². The first-order chi connectivity index (χ1) is 10.1. The molecule has 2 rings (SSSR count). The molecule has 0 aromatic carbocycles. The Morgan fingerprint density at radius 2 is 1.36 bits per heavy atom. The zero-order valence-corrected chi connectivity index (χ0v) is 15.6. The Labute approximate surface area is 137 Å². The fourth-order valence-corrected chi connectivity index (χ4v) is 3.99. The summed E-state index contributed by atoms with van der Waals surface area (Å²) in [7, 11) is 0. The molecule has 0 spiro atoms. The van der Waals surface area contributed by atoms with Gasteiger partial charge in [-0.05, 0) is 54.4 Å². The van der Waals surface area contributed by atoms with Crippen LogP contribution in [0.3, 0.4) is 0 Å². The molecule has 22 heavy (non-hydrogen) atoms. The van der Waals surface area contributed by atoms with Gasteiger partial charge >= 0.3 is 0 Å². The van der Waals surface area contributed by atoms with Gasteiger partial charge in [0.05, 0.1) is 6.61 Å². The molecule has 0 bridgehead atoms. The molecule has 2 fully saturated rings. The summed E-state index contributed by atoms with van der Waals surface area (Å²) in [6.45, 7) is 19.6. The molecule has 130 valence electrons. The van der Waals surface area contributed by atoms with Gasteiger partial charge in [0.25, 0.3) is 0 Å². The molecule has 0 aliphatic carbocycles. The second-order valence-electron chi connectivity index (χ2n) is 9.08. The van der Waals surface area contributed by atoms with Crippen molar-refractivity contribution in [2.24, 2.45) is 0 Å². The molecule has 0 aromatic rings. The first kappa shape index (κ1) is 18.2. The molecule has 0 aromatic heterocycles. The van der Waals surface area contributed by atoms with Crippen molar-refractivity contribution in [1.29, 1.82) is 0 Å². The van der Waals surface area contributed by atoms with Crippen molar-refractivity contribution in [2.75, 3.05) is 39.3 Å². The van der Waals surface area contributed by atoms with Gasteiger partial charge in [0, 0.05) is 55.9 Å². The van der Waals surface area contributed by atoms with Crippen LogP contribution in [0.2, 0.25) is 0 Å². The average Bonchev–Trinajstić information content (AvgIpc) is 2.45. The van der Waals surface area contributed by atoms with Crippen LogP contribution < -0.4 is 0 Å². The van der Waals surface area contributed by atoms with Crippen molar-refractivity contribution in [2.45, 2.75) is 77.5 Å². The highest BCUT2D eigenvalue weighted by molar-refractivity contribution is 4.93. The molecule has 0 unspecified atom stereocenters. The predicted molar refractivity (Wildman–Crippen MR) is 93.3 cm³/mol. The van der Waals surface area contributed by atoms with Crippen LogP contribution in [-0.2, 0) is 0 Å². The predicted octanol–water partition coefficient (Wildman–Crippen LogP) is 2.03. The van der Waals surface area contributed by atoms with E-state index in [0.717, 1.165) is 19.6 Å². The second kappa shape index (κ2) is 6.76. The number of hydrogen-bond acceptors (Lipinski definition) is 4. The van der Waals surface area contributed by atoms with Gasteiger partial charge in [-0.1, -0.05) is 0 Å². The van der Waals surface area contributed by atoms with E-state index in [0.29, 0.717) is 12.1 Å². The molecule has 0 saturated carbocycles. The third-order valence-corrected chi connectivity index (χ3v) is 5.57. The largest absolute Gasteiger partial charge is 0.395 e. The van der Waals surface area contributed by atoms with Crippen molar-refractivity contribution in [1.82, 2.24) is 14.7 Å². The van der Waals surface area contributed by atoms with Gasteiger partial charge in [-0.15, -0.1) is 0 Å². The molecular weight excluding hydrogens is 274 g/mol. The van der Waals surface area contributed by atoms with E-state index in [2.05, 4.69) is 56.2 Å². The van der Waals surface area contributed by atoms with E-state index in [1.807, 2.05) is 0 Å². The fraction of sp³-hybridized carbons (Fsp3) is 1.00. The molecular formula is C18H37N3O. The van der Waals surface area contributed by atoms with Crippen molar-refractivity contribution < 1.29 is 5.11 Å². The van der Waals surface area contributed by atoms with E-state index in [1.54, 1.807) is 0 Å². The van der Waals surface area contributed by atoms with Gasteiger partial charge < -0.3 is 5.11 Å². The first-order valence-electron chi connectivity index (χ1n) is 8.99. The van der Waals surface area contributed by atoms with Crippen LogP contribution >= 0.6 is 0 Å². The molecule has 2 aliphatic rings. The second-order valence-corrected chi connectivity index (χ2v) is 9.08. The van der Waals surface area contributed by atoms with Crippen molar-refractivity contribution >= 4 is 0 Å². The molecule has 4 nitrogen and oxygen atoms in total. The molecule has 4 heteroatoms. The lowest BCUT2D eigenvalue weighted by Crippen LogP contribution is -2.63. The van der Waals surface area contributed by atoms with Gasteiger partial charge in [-0.2, -0.15) is 0 Å². The summed E-state index contributed by atoms with van der Waals surface area (Å²) in [5.74, 6) is 0. The van der Waals surface area contributed by atoms with Crippen LogP contribution in [-0.4, -0.2) is 82.3 Å². The van der Waals surface area contributed by atoms with Crippen LogP contribution in [0.4, 0.5) is 0 Å². The smallest absolute Gasteiger partial charge is 0.0599 e. The maximum atomic E-state index is 9.88. The standard InChI is InChI=1S/C18H37N3O/c1-17(2,3)19-9-7-15(8-10-19)21-12-11-20(18(4,5)6)13-16(21)14-22/h15-16,22H,7-14H2,1-6H3/t16-/m0/s1. The fourth-order valence-electron chi connectivity index (χ4n) is 3.99. The molecule has 2 heterocycles. The number of aliphatic hydroxyl groups is 1. The van der Waals surface area contributed by atoms with Gasteiger partial charge in [-0.3, -0.25) is 14.7 Å². The van der Waals surface area contributed by atoms with Crippen molar-refractivity contribution in [3.63, 3.8) is 0 Å². The van der Waals surface area contributed by atoms with Gasteiger partial charge in [0.15, 0.2) is 0 Å². The summed E-state index contributed by atoms with van der Waals surface area (Å²) < 4.78 is 0. The maximum Gasteiger partial charge on any atom is 0.0599 e. The zero-order valence-electron chi connectivity index (χ0n) is 15.6. The van der Waals surface area contributed by atoms with Crippen LogP contribution in [0, 0.1) is 0 Å². The third kappa shape index (κ3) is 4.22. The normalized spacial score (nSPS) is 28.2. The highest BCUT2D eigenvalue weighted by atomic mass is 16.3. The number of piperazine rings is 1. The first-order valence-corrected chi connectivity index (χ1v) is 8.99. The van der Waals surface area contributed by atoms with Crippen LogP contribution in [0.25, 0.3) is 0 Å². The quantitative estimate of drug-likeness (QED) is 0.845. The Hall–Kier alpha value is -0.160. The SMILES string of the molecule is CC(C)(C)N1CCC(N2CCN(C(C)(C)C)C[C@H]2CO)CC1. The molecule has 1 N–H and O–H groups in total. The van der Waals surface area contributed by atoms with Crippen LogP contribution in [0.15, 0.2) is 0 Å². The van der Waals surface area contributed by atoms with Gasteiger partial charge in [-0.25, -0.2) is 0 Å². The van der Waals surface area contributed by atoms with Crippen LogP contribution in [0.5, 0.6) is 0 Å². The lowest BCUT2D eigenvalue weighted by atomic mass is 9.94. The summed E-state index contributed by atoms with van der Waals surface area (Å²) in [5, 5.41) is 9.88. The van der Waals surface area contributed by atoms with E-state index in [1.165, 1.54) is 25.9 Å². The molecule has 1 atom stereocenters. The molecule has 0 amide bonds. The Morgan fingerprint density at radius 3 is 1.82 bits per heavy atom. The topological polar surface area (TPSA) is 30.0 Å². The Balaban J connectivity index is 1.93. The molecule has 2 aliphatic heterocycles. The summed E-state index contributed by atoms with van der Waals surface area (Å²) in [5.41, 5.74) is 0.487. The highest BCUT2D eigenvalue weighted by Gasteiger charge is 2.37. The van der Waals surface area contributed by atoms with E-state index in [4.69, 9.17) is 0 Å². The summed E-state index contributed by atoms with van der Waals surface area (Å²) in [6, 6.07) is 0.956. The molecule has 0 radical (unpaired) electrons. The Morgan fingerprint density at radius 1 is 0.818 bits per heavy atom. The van der Waals surface area contributed by atoms with Crippen molar-refractivity contribution in [3.05, 3.63) is 0 Å². The number of nitrogens with zero attached hydrogens (tertiary/aromatic N) is 3. The maximum absolute atomic E-state index is 9.88. The minimum atomic E-state index is 0.203. The number of rotatable bonds is 2. The third-order valence-electron chi connectivity index (χ3n) is 5.57. The minimum absolute atomic E-state index is 0.203. The lowest BCUT2D eigenvalue weighted by molar-refractivity contribution is -0.0394. The average molecular weight is 312 g/mol. The summed E-state index contributed by atoms with van der Waals surface area (Å²) >= 11 is 0. The highest BCUT2D eigenvalue weighted by Crippen LogP contribution is 2.27. The number of aliphatic hydroxyl groups excluding tert-OH is 1. The lowest BCUT2D eigenvalue weighted by Gasteiger charge is -2.51. The number of hydrogen-bond donors (Lipinski definition) is 1. The van der Waals surface area contributed by atoms with Crippen LogP contribution in [0.1, 0.15) is 54.4 Å². The van der Waals surface area contributed by atoms with E-state index >= 15 is 0 Å². The van der Waals surface area contributed by atoms with E-state index < -0.39 is 0 Å². The summed E-state index contributed by atoms with van der Waals surface area (Å²) in [4.78, 5) is 7.72. The molecule has 2 saturated heterocycles. The van der Waals surface area contributed by atoms with Gasteiger partial charge in [0.2, 0.25) is 0 Å². The minimum Gasteiger partial charge on any atom is -0.395 e. The zero-order chi connectivity index (χ0) is 16.5. The van der Waals surface area contributed by atoms with Gasteiger partial charge in [0.1, 0.15) is 0 Å². The van der Waals surface area contributed by atoms with E-state index in [9.17, 15) is 5.11 Å². The summed E-state index contributed by atoms with van der Waals surface area (Å²) in [6.07, 6.45) is 2.48. The number of likely N-dealkylation sites (tertiary alicyclic amines) is 1. The monoisotopic (exact) mass is 311 g/mol. The van der Waals surface area contributed by atoms with Crippen molar-refractivity contribution in [3.8, 4) is 0 Å². The Bertz CT molecular complexity index is 350. The Kier molecular flexibility index (Phi) is 5.59. The number of piperidine rings is 1.